The third-order valence-corrected chi connectivity index (χ3v) is 6.30. The fourth-order valence-corrected chi connectivity index (χ4v) is 4.93. The molecule has 0 spiro atoms. The molecule has 0 bridgehead atoms. The van der Waals surface area contributed by atoms with Gasteiger partial charge in [-0.2, -0.15) is 0 Å². The van der Waals surface area contributed by atoms with Crippen LogP contribution in [0.2, 0.25) is 4.34 Å². The maximum absolute atomic E-state index is 12.0. The number of thiophene rings is 1. The van der Waals surface area contributed by atoms with E-state index in [2.05, 4.69) is 4.72 Å². The van der Waals surface area contributed by atoms with Crippen LogP contribution in [0.1, 0.15) is 26.2 Å². The summed E-state index contributed by atoms with van der Waals surface area (Å²) in [5.41, 5.74) is -0.368. The van der Waals surface area contributed by atoms with Gasteiger partial charge in [0, 0.05) is 12.1 Å². The molecule has 0 aliphatic heterocycles. The van der Waals surface area contributed by atoms with Crippen LogP contribution < -0.4 is 4.72 Å². The minimum atomic E-state index is -3.70. The molecule has 0 radical (unpaired) electrons. The molecule has 2 rings (SSSR count). The monoisotopic (exact) mass is 324 g/mol. The van der Waals surface area contributed by atoms with E-state index in [9.17, 15) is 18.5 Å². The molecule has 9 heteroatoms. The second kappa shape index (κ2) is 5.35. The average molecular weight is 325 g/mol. The van der Waals surface area contributed by atoms with Crippen molar-refractivity contribution in [1.29, 1.82) is 0 Å². The van der Waals surface area contributed by atoms with Gasteiger partial charge in [0.25, 0.3) is 15.7 Å². The molecule has 1 aromatic rings. The lowest BCUT2D eigenvalue weighted by molar-refractivity contribution is -0.384. The maximum Gasteiger partial charge on any atom is 0.300 e. The zero-order valence-corrected chi connectivity index (χ0v) is 12.5. The Morgan fingerprint density at radius 2 is 2.32 bits per heavy atom. The number of halogens is 1. The van der Waals surface area contributed by atoms with Crippen LogP contribution in [-0.4, -0.2) is 19.4 Å². The summed E-state index contributed by atoms with van der Waals surface area (Å²) in [6, 6.07) is 0.955. The molecule has 1 aliphatic carbocycles. The molecule has 1 saturated carbocycles. The van der Waals surface area contributed by atoms with Crippen molar-refractivity contribution < 1.29 is 13.3 Å². The highest BCUT2D eigenvalue weighted by molar-refractivity contribution is 7.91. The lowest BCUT2D eigenvalue weighted by Gasteiger charge is -2.02. The first-order chi connectivity index (χ1) is 8.85. The first-order valence-corrected chi connectivity index (χ1v) is 8.49. The minimum absolute atomic E-state index is 0.0510. The number of nitrogens with one attached hydrogen (secondary N) is 1. The summed E-state index contributed by atoms with van der Waals surface area (Å²) in [4.78, 5) is 9.96. The number of hydrogen-bond acceptors (Lipinski definition) is 5. The van der Waals surface area contributed by atoms with E-state index in [0.717, 1.165) is 25.3 Å². The van der Waals surface area contributed by atoms with E-state index in [1.54, 1.807) is 0 Å². The molecule has 1 heterocycles. The van der Waals surface area contributed by atoms with Gasteiger partial charge in [0.2, 0.25) is 0 Å². The van der Waals surface area contributed by atoms with Gasteiger partial charge in [0.15, 0.2) is 4.34 Å². The first-order valence-electron chi connectivity index (χ1n) is 5.81. The Kier molecular flexibility index (Phi) is 4.14. The van der Waals surface area contributed by atoms with Gasteiger partial charge in [-0.25, -0.2) is 13.1 Å². The van der Waals surface area contributed by atoms with Crippen molar-refractivity contribution in [2.75, 3.05) is 0 Å². The van der Waals surface area contributed by atoms with Gasteiger partial charge in [-0.3, -0.25) is 10.1 Å². The highest BCUT2D eigenvalue weighted by atomic mass is 35.5. The molecular formula is C10H13ClN2O4S2. The number of nitro groups is 1. The van der Waals surface area contributed by atoms with E-state index in [0.29, 0.717) is 17.3 Å². The van der Waals surface area contributed by atoms with E-state index in [-0.39, 0.29) is 20.3 Å². The van der Waals surface area contributed by atoms with Crippen LogP contribution in [0.4, 0.5) is 5.69 Å². The first kappa shape index (κ1) is 14.7. The normalized spacial score (nSPS) is 22.4. The Balaban J connectivity index is 2.12. The van der Waals surface area contributed by atoms with Gasteiger partial charge < -0.3 is 0 Å². The van der Waals surface area contributed by atoms with Gasteiger partial charge in [0.1, 0.15) is 4.21 Å². The van der Waals surface area contributed by atoms with Crippen LogP contribution >= 0.6 is 22.9 Å². The Morgan fingerprint density at radius 3 is 2.84 bits per heavy atom. The molecular weight excluding hydrogens is 312 g/mol. The molecule has 19 heavy (non-hydrogen) atoms. The number of hydrogen-bond donors (Lipinski definition) is 1. The summed E-state index contributed by atoms with van der Waals surface area (Å²) in [7, 11) is -3.70. The molecule has 1 aliphatic rings. The van der Waals surface area contributed by atoms with E-state index in [1.807, 2.05) is 6.92 Å². The van der Waals surface area contributed by atoms with Crippen molar-refractivity contribution in [2.24, 2.45) is 5.92 Å². The molecule has 1 N–H and O–H groups in total. The van der Waals surface area contributed by atoms with Crippen molar-refractivity contribution >= 4 is 38.6 Å². The van der Waals surface area contributed by atoms with Gasteiger partial charge in [-0.05, 0) is 18.8 Å². The number of rotatable bonds is 6. The molecule has 106 valence electrons. The highest BCUT2D eigenvalue weighted by Crippen LogP contribution is 2.39. The van der Waals surface area contributed by atoms with Crippen LogP contribution in [0.25, 0.3) is 0 Å². The third kappa shape index (κ3) is 3.25. The van der Waals surface area contributed by atoms with Crippen LogP contribution in [0.3, 0.4) is 0 Å². The Morgan fingerprint density at radius 1 is 1.63 bits per heavy atom. The number of nitrogens with zero attached hydrogens (tertiary/aromatic N) is 1. The zero-order valence-electron chi connectivity index (χ0n) is 10.1. The predicted molar refractivity (Wildman–Crippen MR) is 73.1 cm³/mol. The Hall–Kier alpha value is -0.700. The number of sulfonamides is 1. The summed E-state index contributed by atoms with van der Waals surface area (Å²) >= 11 is 6.37. The van der Waals surface area contributed by atoms with Crippen molar-refractivity contribution in [3.63, 3.8) is 0 Å². The molecule has 0 aromatic carbocycles. The summed E-state index contributed by atoms with van der Waals surface area (Å²) in [5, 5.41) is 10.6. The topological polar surface area (TPSA) is 89.3 Å². The third-order valence-electron chi connectivity index (χ3n) is 3.00. The minimum Gasteiger partial charge on any atom is -0.258 e. The van der Waals surface area contributed by atoms with Gasteiger partial charge in [-0.15, -0.1) is 11.3 Å². The van der Waals surface area contributed by atoms with Crippen LogP contribution in [0.15, 0.2) is 10.3 Å². The molecule has 2 unspecified atom stereocenters. The Bertz CT molecular complexity index is 599. The molecule has 0 amide bonds. The average Bonchev–Trinajstić information content (AvgIpc) is 2.87. The van der Waals surface area contributed by atoms with Crippen molar-refractivity contribution in [3.05, 3.63) is 20.5 Å². The summed E-state index contributed by atoms with van der Waals surface area (Å²) in [6.07, 6.45) is 2.83. The molecule has 2 atom stereocenters. The van der Waals surface area contributed by atoms with E-state index >= 15 is 0 Å². The SMILES string of the molecule is CCCC1CC1NS(=O)(=O)c1cc([N+](=O)[O-])c(Cl)s1. The fraction of sp³-hybridized carbons (Fsp3) is 0.600. The van der Waals surface area contributed by atoms with Crippen molar-refractivity contribution in [1.82, 2.24) is 4.72 Å². The van der Waals surface area contributed by atoms with Crippen molar-refractivity contribution in [3.8, 4) is 0 Å². The van der Waals surface area contributed by atoms with E-state index in [4.69, 9.17) is 11.6 Å². The second-order valence-corrected chi connectivity index (χ2v) is 8.09. The van der Waals surface area contributed by atoms with Gasteiger partial charge in [-0.1, -0.05) is 24.9 Å². The van der Waals surface area contributed by atoms with E-state index in [1.165, 1.54) is 0 Å². The van der Waals surface area contributed by atoms with Crippen molar-refractivity contribution in [2.45, 2.75) is 36.4 Å². The van der Waals surface area contributed by atoms with E-state index < -0.39 is 14.9 Å². The second-order valence-electron chi connectivity index (χ2n) is 4.49. The smallest absolute Gasteiger partial charge is 0.258 e. The quantitative estimate of drug-likeness (QED) is 0.643. The van der Waals surface area contributed by atoms with Gasteiger partial charge >= 0.3 is 0 Å². The van der Waals surface area contributed by atoms with Gasteiger partial charge in [0.05, 0.1) is 4.92 Å². The zero-order chi connectivity index (χ0) is 14.2. The fourth-order valence-electron chi connectivity index (χ4n) is 1.93. The van der Waals surface area contributed by atoms with Crippen LogP contribution in [0, 0.1) is 16.0 Å². The standard InChI is InChI=1S/C10H13ClN2O4S2/c1-2-3-6-4-7(6)12-19(16,17)9-5-8(13(14)15)10(11)18-9/h5-7,12H,2-4H2,1H3. The summed E-state index contributed by atoms with van der Waals surface area (Å²) in [5.74, 6) is 0.380. The molecule has 6 nitrogen and oxygen atoms in total. The van der Waals surface area contributed by atoms with Crippen LogP contribution in [-0.2, 0) is 10.0 Å². The van der Waals surface area contributed by atoms with Crippen LogP contribution in [0.5, 0.6) is 0 Å². The lowest BCUT2D eigenvalue weighted by Crippen LogP contribution is -2.26. The molecule has 0 saturated heterocycles. The largest absolute Gasteiger partial charge is 0.300 e. The lowest BCUT2D eigenvalue weighted by atomic mass is 10.2. The highest BCUT2D eigenvalue weighted by Gasteiger charge is 2.40. The molecule has 1 fully saturated rings. The molecule has 1 aromatic heterocycles. The Labute approximate surface area is 120 Å². The summed E-state index contributed by atoms with van der Waals surface area (Å²) < 4.78 is 26.4. The predicted octanol–water partition coefficient (Wildman–Crippen LogP) is 2.78. The summed E-state index contributed by atoms with van der Waals surface area (Å²) in [6.45, 7) is 2.05. The maximum atomic E-state index is 12.0.